The zero-order valence-corrected chi connectivity index (χ0v) is 22.9. The van der Waals surface area contributed by atoms with Crippen molar-refractivity contribution in [3.8, 4) is 11.5 Å². The highest BCUT2D eigenvalue weighted by atomic mass is 16.6. The van der Waals surface area contributed by atoms with Gasteiger partial charge in [-0.25, -0.2) is 4.79 Å². The van der Waals surface area contributed by atoms with Gasteiger partial charge in [0.1, 0.15) is 18.1 Å². The predicted molar refractivity (Wildman–Crippen MR) is 155 cm³/mol. The van der Waals surface area contributed by atoms with Crippen molar-refractivity contribution in [3.63, 3.8) is 0 Å². The number of anilines is 1. The van der Waals surface area contributed by atoms with Crippen molar-refractivity contribution in [2.24, 2.45) is 5.92 Å². The lowest BCUT2D eigenvalue weighted by Gasteiger charge is -2.40. The summed E-state index contributed by atoms with van der Waals surface area (Å²) in [7, 11) is 3.28. The molecule has 0 amide bonds. The largest absolute Gasteiger partial charge is 0.497 e. The third-order valence-electron chi connectivity index (χ3n) is 7.32. The predicted octanol–water partition coefficient (Wildman–Crippen LogP) is 6.97. The van der Waals surface area contributed by atoms with Gasteiger partial charge >= 0.3 is 5.97 Å². The molecule has 0 saturated heterocycles. The molecule has 206 valence electrons. The molecular formula is C34H35NO5. The fourth-order valence-electron chi connectivity index (χ4n) is 4.99. The number of methoxy groups -OCH3 is 2. The highest BCUT2D eigenvalue weighted by molar-refractivity contribution is 5.83. The van der Waals surface area contributed by atoms with E-state index in [9.17, 15) is 4.79 Å². The Kier molecular flexibility index (Phi) is 8.67. The van der Waals surface area contributed by atoms with E-state index in [1.54, 1.807) is 14.2 Å². The van der Waals surface area contributed by atoms with Crippen LogP contribution in [0.15, 0.2) is 109 Å². The highest BCUT2D eigenvalue weighted by Gasteiger charge is 2.59. The number of carbonyl (C=O) groups excluding carboxylic acids is 1. The lowest BCUT2D eigenvalue weighted by atomic mass is 9.83. The Morgan fingerprint density at radius 2 is 1.30 bits per heavy atom. The maximum Gasteiger partial charge on any atom is 0.341 e. The second kappa shape index (κ2) is 12.7. The Hall–Kier alpha value is -4.29. The van der Waals surface area contributed by atoms with E-state index >= 15 is 0 Å². The van der Waals surface area contributed by atoms with Gasteiger partial charge < -0.3 is 24.3 Å². The highest BCUT2D eigenvalue weighted by Crippen LogP contribution is 2.51. The van der Waals surface area contributed by atoms with Crippen LogP contribution in [0.2, 0.25) is 0 Å². The van der Waals surface area contributed by atoms with Gasteiger partial charge in [0.2, 0.25) is 0 Å². The van der Waals surface area contributed by atoms with Crippen LogP contribution in [0.4, 0.5) is 5.69 Å². The van der Waals surface area contributed by atoms with Crippen molar-refractivity contribution >= 4 is 11.7 Å². The molecule has 5 rings (SSSR count). The van der Waals surface area contributed by atoms with E-state index < -0.39 is 11.6 Å². The van der Waals surface area contributed by atoms with Crippen molar-refractivity contribution in [3.05, 3.63) is 126 Å². The molecule has 2 atom stereocenters. The fraction of sp³-hybridized carbons (Fsp3) is 0.265. The average Bonchev–Trinajstić information content (AvgIpc) is 3.87. The van der Waals surface area contributed by atoms with Gasteiger partial charge in [-0.05, 0) is 65.9 Å². The van der Waals surface area contributed by atoms with E-state index in [4.69, 9.17) is 18.9 Å². The van der Waals surface area contributed by atoms with Gasteiger partial charge in [-0.15, -0.1) is 0 Å². The molecule has 1 N–H and O–H groups in total. The van der Waals surface area contributed by atoms with E-state index in [0.29, 0.717) is 0 Å². The third-order valence-corrected chi connectivity index (χ3v) is 7.32. The van der Waals surface area contributed by atoms with Crippen LogP contribution in [-0.4, -0.2) is 25.8 Å². The van der Waals surface area contributed by atoms with Gasteiger partial charge in [0.25, 0.3) is 0 Å². The number of benzene rings is 4. The maximum atomic E-state index is 14.3. The summed E-state index contributed by atoms with van der Waals surface area (Å²) in [6.45, 7) is 0.415. The smallest absolute Gasteiger partial charge is 0.341 e. The molecule has 1 saturated carbocycles. The summed E-state index contributed by atoms with van der Waals surface area (Å²) in [5.41, 5.74) is 2.39. The SMILES string of the molecule is COc1ccc(CO[C@](C(=O)OCc2ccccc2)(C2CC2)[C@@H](Nc2ccc(OC)cc2)c2ccccc2)cc1. The second-order valence-electron chi connectivity index (χ2n) is 9.98. The topological polar surface area (TPSA) is 66.0 Å². The first kappa shape index (κ1) is 27.3. The Morgan fingerprint density at radius 3 is 1.88 bits per heavy atom. The summed E-state index contributed by atoms with van der Waals surface area (Å²) in [4.78, 5) is 14.3. The number of carbonyl (C=O) groups is 1. The van der Waals surface area contributed by atoms with Crippen LogP contribution in [0.1, 0.15) is 35.6 Å². The zero-order chi connectivity index (χ0) is 27.8. The van der Waals surface area contributed by atoms with Gasteiger partial charge in [-0.2, -0.15) is 0 Å². The van der Waals surface area contributed by atoms with Gasteiger partial charge in [-0.1, -0.05) is 72.8 Å². The first-order valence-corrected chi connectivity index (χ1v) is 13.6. The number of ether oxygens (including phenoxy) is 4. The molecule has 0 radical (unpaired) electrons. The van der Waals surface area contributed by atoms with Crippen molar-refractivity contribution in [1.29, 1.82) is 0 Å². The Balaban J connectivity index is 1.53. The number of esters is 1. The van der Waals surface area contributed by atoms with E-state index in [-0.39, 0.29) is 25.1 Å². The number of nitrogens with one attached hydrogen (secondary N) is 1. The quantitative estimate of drug-likeness (QED) is 0.186. The Labute approximate surface area is 235 Å². The molecule has 0 aromatic heterocycles. The first-order chi connectivity index (χ1) is 19.6. The minimum atomic E-state index is -1.27. The Morgan fingerprint density at radius 1 is 0.750 bits per heavy atom. The van der Waals surface area contributed by atoms with Crippen molar-refractivity contribution in [2.75, 3.05) is 19.5 Å². The Bertz CT molecular complexity index is 1360. The first-order valence-electron chi connectivity index (χ1n) is 13.6. The van der Waals surface area contributed by atoms with Crippen LogP contribution < -0.4 is 14.8 Å². The molecule has 40 heavy (non-hydrogen) atoms. The molecule has 0 aliphatic heterocycles. The minimum Gasteiger partial charge on any atom is -0.497 e. The van der Waals surface area contributed by atoms with Crippen LogP contribution in [0.5, 0.6) is 11.5 Å². The molecule has 0 spiro atoms. The average molecular weight is 538 g/mol. The number of rotatable bonds is 13. The zero-order valence-electron chi connectivity index (χ0n) is 22.9. The van der Waals surface area contributed by atoms with Crippen LogP contribution in [0.3, 0.4) is 0 Å². The molecule has 6 heteroatoms. The number of hydrogen-bond acceptors (Lipinski definition) is 6. The van der Waals surface area contributed by atoms with Gasteiger partial charge in [0, 0.05) is 11.6 Å². The fourth-order valence-corrected chi connectivity index (χ4v) is 4.99. The standard InChI is InChI=1S/C34H35NO5/c1-37-30-19-13-26(14-20-30)24-40-34(28-15-16-28,33(36)39-23-25-9-5-3-6-10-25)32(27-11-7-4-8-12-27)35-29-17-21-31(38-2)22-18-29/h3-14,17-22,28,32,35H,15-16,23-24H2,1-2H3/t32-,34+/m0/s1. The van der Waals surface area contributed by atoms with E-state index in [1.165, 1.54) is 0 Å². The van der Waals surface area contributed by atoms with Crippen LogP contribution >= 0.6 is 0 Å². The summed E-state index contributed by atoms with van der Waals surface area (Å²) in [5.74, 6) is 1.14. The van der Waals surface area contributed by atoms with E-state index in [1.807, 2.05) is 109 Å². The van der Waals surface area contributed by atoms with Gasteiger partial charge in [0.05, 0.1) is 26.9 Å². The molecule has 0 bridgehead atoms. The molecule has 1 fully saturated rings. The molecule has 0 unspecified atom stereocenters. The molecule has 4 aromatic rings. The van der Waals surface area contributed by atoms with E-state index in [0.717, 1.165) is 46.7 Å². The lowest BCUT2D eigenvalue weighted by molar-refractivity contribution is -0.183. The second-order valence-corrected chi connectivity index (χ2v) is 9.98. The van der Waals surface area contributed by atoms with E-state index in [2.05, 4.69) is 5.32 Å². The summed E-state index contributed by atoms with van der Waals surface area (Å²) in [6.07, 6.45) is 1.74. The van der Waals surface area contributed by atoms with Gasteiger partial charge in [-0.3, -0.25) is 0 Å². The van der Waals surface area contributed by atoms with Crippen molar-refractivity contribution in [1.82, 2.24) is 0 Å². The summed E-state index contributed by atoms with van der Waals surface area (Å²) >= 11 is 0. The summed E-state index contributed by atoms with van der Waals surface area (Å²) in [6, 6.07) is 34.6. The van der Waals surface area contributed by atoms with Crippen LogP contribution in [-0.2, 0) is 27.5 Å². The molecule has 4 aromatic carbocycles. The third kappa shape index (κ3) is 6.29. The molecule has 6 nitrogen and oxygen atoms in total. The normalized spacial score (nSPS) is 14.9. The van der Waals surface area contributed by atoms with Gasteiger partial charge in [0.15, 0.2) is 5.60 Å². The lowest BCUT2D eigenvalue weighted by Crippen LogP contribution is -2.52. The van der Waals surface area contributed by atoms with Crippen LogP contribution in [0.25, 0.3) is 0 Å². The van der Waals surface area contributed by atoms with Crippen LogP contribution in [0, 0.1) is 5.92 Å². The molecular weight excluding hydrogens is 502 g/mol. The molecule has 1 aliphatic rings. The summed E-state index contributed by atoms with van der Waals surface area (Å²) < 4.78 is 23.5. The van der Waals surface area contributed by atoms with Crippen molar-refractivity contribution < 1.29 is 23.7 Å². The minimum absolute atomic E-state index is 0.00928. The monoisotopic (exact) mass is 537 g/mol. The molecule has 1 aliphatic carbocycles. The molecule has 0 heterocycles. The maximum absolute atomic E-state index is 14.3. The summed E-state index contributed by atoms with van der Waals surface area (Å²) in [5, 5.41) is 3.64. The van der Waals surface area contributed by atoms with Crippen molar-refractivity contribution in [2.45, 2.75) is 37.7 Å². The number of hydrogen-bond donors (Lipinski definition) is 1.